The van der Waals surface area contributed by atoms with Crippen LogP contribution in [0.25, 0.3) is 0 Å². The highest BCUT2D eigenvalue weighted by atomic mass is 16.5. The number of carbonyl (C=O) groups is 1. The van der Waals surface area contributed by atoms with Crippen molar-refractivity contribution < 1.29 is 9.53 Å². The van der Waals surface area contributed by atoms with Gasteiger partial charge in [0.1, 0.15) is 0 Å². The molecule has 1 aromatic carbocycles. The van der Waals surface area contributed by atoms with Gasteiger partial charge in [-0.3, -0.25) is 9.79 Å². The molecule has 0 spiro atoms. The predicted molar refractivity (Wildman–Crippen MR) is 119 cm³/mol. The number of guanidine groups is 1. The summed E-state index contributed by atoms with van der Waals surface area (Å²) in [5, 5.41) is 9.57. The Bertz CT molecular complexity index is 613. The maximum Gasteiger partial charge on any atom is 0.222 e. The number of benzene rings is 1. The molecule has 29 heavy (non-hydrogen) atoms. The molecule has 1 aliphatic carbocycles. The Kier molecular flexibility index (Phi) is 10.6. The van der Waals surface area contributed by atoms with E-state index in [4.69, 9.17) is 9.73 Å². The molecule has 6 nitrogen and oxygen atoms in total. The van der Waals surface area contributed by atoms with Gasteiger partial charge in [0.2, 0.25) is 5.91 Å². The molecule has 0 unspecified atom stereocenters. The molecule has 3 N–H and O–H groups in total. The lowest BCUT2D eigenvalue weighted by Gasteiger charge is -2.27. The minimum atomic E-state index is 0.0428. The van der Waals surface area contributed by atoms with Crippen molar-refractivity contribution in [3.8, 4) is 0 Å². The Balaban J connectivity index is 1.76. The van der Waals surface area contributed by atoms with E-state index < -0.39 is 0 Å². The number of aliphatic imine (C=N–C) groups is 1. The molecule has 1 fully saturated rings. The third-order valence-electron chi connectivity index (χ3n) is 5.54. The quantitative estimate of drug-likeness (QED) is 0.285. The largest absolute Gasteiger partial charge is 0.382 e. The predicted octanol–water partition coefficient (Wildman–Crippen LogP) is 3.24. The van der Waals surface area contributed by atoms with Crippen LogP contribution in [-0.2, 0) is 16.1 Å². The average Bonchev–Trinajstić information content (AvgIpc) is 3.20. The van der Waals surface area contributed by atoms with Gasteiger partial charge in [-0.2, -0.15) is 0 Å². The molecule has 162 valence electrons. The molecular formula is C23H38N4O2. The van der Waals surface area contributed by atoms with Gasteiger partial charge in [-0.1, -0.05) is 43.2 Å². The molecule has 0 radical (unpaired) electrons. The second-order valence-electron chi connectivity index (χ2n) is 7.79. The van der Waals surface area contributed by atoms with E-state index in [-0.39, 0.29) is 11.3 Å². The summed E-state index contributed by atoms with van der Waals surface area (Å²) in [6, 6.07) is 9.96. The number of amides is 1. The lowest BCUT2D eigenvalue weighted by atomic mass is 9.83. The van der Waals surface area contributed by atoms with E-state index >= 15 is 0 Å². The number of carbonyl (C=O) groups excluding carboxylic acids is 1. The summed E-state index contributed by atoms with van der Waals surface area (Å²) >= 11 is 0. The lowest BCUT2D eigenvalue weighted by molar-refractivity contribution is -0.121. The minimum Gasteiger partial charge on any atom is -0.382 e. The SMILES string of the molecule is CCNC(=NCC1(CCOCC)CCCC1)NCCC(=O)NCc1ccccc1. The highest BCUT2D eigenvalue weighted by molar-refractivity contribution is 5.81. The highest BCUT2D eigenvalue weighted by Gasteiger charge is 2.33. The number of nitrogens with one attached hydrogen (secondary N) is 3. The first-order chi connectivity index (χ1) is 14.2. The molecule has 1 aromatic rings. The van der Waals surface area contributed by atoms with Crippen LogP contribution in [-0.4, -0.2) is 44.7 Å². The zero-order chi connectivity index (χ0) is 20.8. The van der Waals surface area contributed by atoms with Gasteiger partial charge in [0.05, 0.1) is 0 Å². The Hall–Kier alpha value is -2.08. The van der Waals surface area contributed by atoms with E-state index in [9.17, 15) is 4.79 Å². The zero-order valence-corrected chi connectivity index (χ0v) is 18.1. The van der Waals surface area contributed by atoms with Crippen molar-refractivity contribution in [1.29, 1.82) is 0 Å². The summed E-state index contributed by atoms with van der Waals surface area (Å²) in [5.74, 6) is 0.840. The monoisotopic (exact) mass is 402 g/mol. The van der Waals surface area contributed by atoms with Crippen LogP contribution < -0.4 is 16.0 Å². The van der Waals surface area contributed by atoms with E-state index in [1.54, 1.807) is 0 Å². The number of hydrogen-bond donors (Lipinski definition) is 3. The summed E-state index contributed by atoms with van der Waals surface area (Å²) in [5.41, 5.74) is 1.38. The summed E-state index contributed by atoms with van der Waals surface area (Å²) < 4.78 is 5.60. The third-order valence-corrected chi connectivity index (χ3v) is 5.54. The smallest absolute Gasteiger partial charge is 0.222 e. The van der Waals surface area contributed by atoms with Crippen LogP contribution in [0.15, 0.2) is 35.3 Å². The first-order valence-corrected chi connectivity index (χ1v) is 11.1. The topological polar surface area (TPSA) is 74.8 Å². The molecule has 0 bridgehead atoms. The van der Waals surface area contributed by atoms with E-state index in [2.05, 4.69) is 22.9 Å². The molecule has 1 amide bonds. The molecule has 1 aliphatic rings. The van der Waals surface area contributed by atoms with Crippen LogP contribution in [0.4, 0.5) is 0 Å². The molecule has 0 atom stereocenters. The fourth-order valence-electron chi connectivity index (χ4n) is 3.81. The molecule has 1 saturated carbocycles. The summed E-state index contributed by atoms with van der Waals surface area (Å²) in [6.07, 6.45) is 6.52. The average molecular weight is 403 g/mol. The van der Waals surface area contributed by atoms with E-state index in [1.807, 2.05) is 37.3 Å². The third kappa shape index (κ3) is 8.86. The zero-order valence-electron chi connectivity index (χ0n) is 18.1. The molecule has 0 saturated heterocycles. The van der Waals surface area contributed by atoms with Crippen LogP contribution in [0.2, 0.25) is 0 Å². The van der Waals surface area contributed by atoms with Gasteiger partial charge in [-0.25, -0.2) is 0 Å². The fraction of sp³-hybridized carbons (Fsp3) is 0.652. The van der Waals surface area contributed by atoms with E-state index in [0.717, 1.165) is 44.2 Å². The van der Waals surface area contributed by atoms with Crippen molar-refractivity contribution in [3.63, 3.8) is 0 Å². The van der Waals surface area contributed by atoms with Gasteiger partial charge in [0.15, 0.2) is 5.96 Å². The van der Waals surface area contributed by atoms with Crippen molar-refractivity contribution in [3.05, 3.63) is 35.9 Å². The van der Waals surface area contributed by atoms with Crippen LogP contribution in [0.3, 0.4) is 0 Å². The number of hydrogen-bond acceptors (Lipinski definition) is 3. The van der Waals surface area contributed by atoms with Crippen LogP contribution >= 0.6 is 0 Å². The van der Waals surface area contributed by atoms with Gasteiger partial charge in [0.25, 0.3) is 0 Å². The highest BCUT2D eigenvalue weighted by Crippen LogP contribution is 2.41. The van der Waals surface area contributed by atoms with Gasteiger partial charge in [-0.15, -0.1) is 0 Å². The normalized spacial score (nSPS) is 15.9. The van der Waals surface area contributed by atoms with Gasteiger partial charge < -0.3 is 20.7 Å². The molecular weight excluding hydrogens is 364 g/mol. The number of ether oxygens (including phenoxy) is 1. The van der Waals surface area contributed by atoms with Gasteiger partial charge in [-0.05, 0) is 44.1 Å². The maximum atomic E-state index is 12.1. The first-order valence-electron chi connectivity index (χ1n) is 11.1. The summed E-state index contributed by atoms with van der Waals surface area (Å²) in [7, 11) is 0. The Morgan fingerprint density at radius 3 is 2.55 bits per heavy atom. The second-order valence-corrected chi connectivity index (χ2v) is 7.79. The Labute approximate surface area is 175 Å². The minimum absolute atomic E-state index is 0.0428. The molecule has 2 rings (SSSR count). The van der Waals surface area contributed by atoms with Crippen LogP contribution in [0.5, 0.6) is 0 Å². The second kappa shape index (κ2) is 13.2. The van der Waals surface area contributed by atoms with Crippen molar-refractivity contribution in [2.24, 2.45) is 10.4 Å². The van der Waals surface area contributed by atoms with Crippen molar-refractivity contribution in [2.75, 3.05) is 32.8 Å². The van der Waals surface area contributed by atoms with E-state index in [1.165, 1.54) is 25.7 Å². The summed E-state index contributed by atoms with van der Waals surface area (Å²) in [4.78, 5) is 16.9. The van der Waals surface area contributed by atoms with Crippen LogP contribution in [0.1, 0.15) is 57.9 Å². The molecule has 0 heterocycles. The van der Waals surface area contributed by atoms with Crippen molar-refractivity contribution in [2.45, 2.75) is 58.9 Å². The Morgan fingerprint density at radius 2 is 1.86 bits per heavy atom. The molecule has 0 aliphatic heterocycles. The summed E-state index contributed by atoms with van der Waals surface area (Å²) in [6.45, 7) is 8.45. The maximum absolute atomic E-state index is 12.1. The van der Waals surface area contributed by atoms with Crippen LogP contribution in [0, 0.1) is 5.41 Å². The van der Waals surface area contributed by atoms with E-state index in [0.29, 0.717) is 19.5 Å². The number of nitrogens with zero attached hydrogens (tertiary/aromatic N) is 1. The Morgan fingerprint density at radius 1 is 1.10 bits per heavy atom. The van der Waals surface area contributed by atoms with Gasteiger partial charge in [0, 0.05) is 45.8 Å². The van der Waals surface area contributed by atoms with Crippen molar-refractivity contribution in [1.82, 2.24) is 16.0 Å². The van der Waals surface area contributed by atoms with Crippen molar-refractivity contribution >= 4 is 11.9 Å². The fourth-order valence-corrected chi connectivity index (χ4v) is 3.81. The van der Waals surface area contributed by atoms with Gasteiger partial charge >= 0.3 is 0 Å². The molecule has 0 aromatic heterocycles. The molecule has 6 heteroatoms. The lowest BCUT2D eigenvalue weighted by Crippen LogP contribution is -2.40. The standard InChI is InChI=1S/C23H38N4O2/c1-3-24-22(27-19-23(13-8-9-14-23)15-17-29-4-2)25-16-12-21(28)26-18-20-10-6-5-7-11-20/h5-7,10-11H,3-4,8-9,12-19H2,1-2H3,(H,26,28)(H2,24,25,27). The first kappa shape index (κ1) is 23.2. The number of rotatable bonds is 12.